The molecule has 0 saturated heterocycles. The van der Waals surface area contributed by atoms with Gasteiger partial charge in [-0.2, -0.15) is 0 Å². The molecule has 0 amide bonds. The Kier molecular flexibility index (Phi) is 4.19. The summed E-state index contributed by atoms with van der Waals surface area (Å²) in [5.41, 5.74) is 2.36. The second-order valence-electron chi connectivity index (χ2n) is 4.56. The number of hydrogen-bond acceptors (Lipinski definition) is 4. The number of nitrogens with one attached hydrogen (secondary N) is 1. The van der Waals surface area contributed by atoms with Crippen LogP contribution in [0.3, 0.4) is 0 Å². The van der Waals surface area contributed by atoms with Crippen LogP contribution in [-0.2, 0) is 13.0 Å². The first-order chi connectivity index (χ1) is 8.60. The third-order valence-corrected chi connectivity index (χ3v) is 4.08. The van der Waals surface area contributed by atoms with E-state index in [0.29, 0.717) is 0 Å². The van der Waals surface area contributed by atoms with Crippen LogP contribution in [0.15, 0.2) is 15.9 Å². The fourth-order valence-corrected chi connectivity index (χ4v) is 2.79. The predicted molar refractivity (Wildman–Crippen MR) is 74.9 cm³/mol. The van der Waals surface area contributed by atoms with Crippen LogP contribution in [-0.4, -0.2) is 4.98 Å². The Morgan fingerprint density at radius 3 is 2.78 bits per heavy atom. The average molecular weight is 264 g/mol. The minimum Gasteiger partial charge on any atom is -0.466 e. The Hall–Kier alpha value is -1.13. The van der Waals surface area contributed by atoms with Gasteiger partial charge in [0.2, 0.25) is 0 Å². The van der Waals surface area contributed by atoms with Crippen molar-refractivity contribution in [1.82, 2.24) is 10.3 Å². The lowest BCUT2D eigenvalue weighted by Gasteiger charge is -2.11. The molecule has 1 unspecified atom stereocenters. The van der Waals surface area contributed by atoms with E-state index in [0.717, 1.165) is 30.2 Å². The Morgan fingerprint density at radius 2 is 2.22 bits per heavy atom. The van der Waals surface area contributed by atoms with Crippen LogP contribution in [0.5, 0.6) is 0 Å². The monoisotopic (exact) mass is 264 g/mol. The Labute approximate surface area is 112 Å². The molecule has 0 fully saturated rings. The van der Waals surface area contributed by atoms with E-state index in [1.54, 1.807) is 11.3 Å². The molecule has 2 aromatic heterocycles. The van der Waals surface area contributed by atoms with Gasteiger partial charge in [0, 0.05) is 23.5 Å². The van der Waals surface area contributed by atoms with Gasteiger partial charge in [-0.15, -0.1) is 11.3 Å². The Bertz CT molecular complexity index is 516. The lowest BCUT2D eigenvalue weighted by atomic mass is 10.1. The summed E-state index contributed by atoms with van der Waals surface area (Å²) in [6.45, 7) is 9.09. The van der Waals surface area contributed by atoms with Crippen LogP contribution in [0.2, 0.25) is 0 Å². The molecule has 2 rings (SSSR count). The van der Waals surface area contributed by atoms with Gasteiger partial charge >= 0.3 is 0 Å². The normalized spacial score (nSPS) is 12.9. The predicted octanol–water partition coefficient (Wildman–Crippen LogP) is 3.77. The van der Waals surface area contributed by atoms with Crippen LogP contribution in [0.1, 0.15) is 47.7 Å². The third kappa shape index (κ3) is 3.00. The van der Waals surface area contributed by atoms with Crippen LogP contribution < -0.4 is 5.32 Å². The maximum atomic E-state index is 5.56. The first-order valence-electron chi connectivity index (χ1n) is 6.33. The van der Waals surface area contributed by atoms with E-state index in [-0.39, 0.29) is 6.04 Å². The molecule has 0 radical (unpaired) electrons. The van der Waals surface area contributed by atoms with Crippen molar-refractivity contribution in [2.75, 3.05) is 0 Å². The largest absolute Gasteiger partial charge is 0.466 e. The van der Waals surface area contributed by atoms with Gasteiger partial charge in [-0.25, -0.2) is 4.98 Å². The summed E-state index contributed by atoms with van der Waals surface area (Å²) >= 11 is 1.73. The fourth-order valence-electron chi connectivity index (χ4n) is 2.04. The zero-order chi connectivity index (χ0) is 13.1. The van der Waals surface area contributed by atoms with Gasteiger partial charge in [0.15, 0.2) is 0 Å². The van der Waals surface area contributed by atoms with E-state index in [9.17, 15) is 0 Å². The summed E-state index contributed by atoms with van der Waals surface area (Å²) in [7, 11) is 0. The number of thiazole rings is 1. The zero-order valence-electron chi connectivity index (χ0n) is 11.4. The van der Waals surface area contributed by atoms with Gasteiger partial charge in [0.1, 0.15) is 11.5 Å². The van der Waals surface area contributed by atoms with Crippen molar-refractivity contribution >= 4 is 11.3 Å². The molecule has 0 bridgehead atoms. The molecular formula is C14H20N2OS. The first kappa shape index (κ1) is 13.3. The van der Waals surface area contributed by atoms with Gasteiger partial charge in [-0.05, 0) is 33.3 Å². The highest BCUT2D eigenvalue weighted by molar-refractivity contribution is 7.09. The van der Waals surface area contributed by atoms with Crippen LogP contribution in [0, 0.1) is 13.8 Å². The zero-order valence-corrected chi connectivity index (χ0v) is 12.2. The lowest BCUT2D eigenvalue weighted by molar-refractivity contribution is 0.489. The number of hydrogen-bond donors (Lipinski definition) is 1. The summed E-state index contributed by atoms with van der Waals surface area (Å²) in [5, 5.41) is 6.83. The fraction of sp³-hybridized carbons (Fsp3) is 0.500. The highest BCUT2D eigenvalue weighted by Crippen LogP contribution is 2.21. The van der Waals surface area contributed by atoms with E-state index in [1.165, 1.54) is 10.6 Å². The standard InChI is InChI=1S/C14H20N2OS/c1-5-14-16-12(8-18-14)7-15-10(3)13-6-9(2)17-11(13)4/h6,8,10,15H,5,7H2,1-4H3. The van der Waals surface area contributed by atoms with E-state index < -0.39 is 0 Å². The molecule has 0 aliphatic heterocycles. The smallest absolute Gasteiger partial charge is 0.105 e. The number of nitrogens with zero attached hydrogens (tertiary/aromatic N) is 1. The van der Waals surface area contributed by atoms with Gasteiger partial charge in [-0.3, -0.25) is 0 Å². The molecular weight excluding hydrogens is 244 g/mol. The van der Waals surface area contributed by atoms with E-state index >= 15 is 0 Å². The SMILES string of the molecule is CCc1nc(CNC(C)c2cc(C)oc2C)cs1. The van der Waals surface area contributed by atoms with Crippen LogP contribution in [0.25, 0.3) is 0 Å². The lowest BCUT2D eigenvalue weighted by Crippen LogP contribution is -2.18. The number of aryl methyl sites for hydroxylation is 3. The third-order valence-electron chi connectivity index (χ3n) is 3.04. The number of furan rings is 1. The van der Waals surface area contributed by atoms with E-state index in [2.05, 4.69) is 35.6 Å². The molecule has 3 nitrogen and oxygen atoms in total. The minimum absolute atomic E-state index is 0.286. The van der Waals surface area contributed by atoms with Crippen molar-refractivity contribution < 1.29 is 4.42 Å². The number of aromatic nitrogens is 1. The molecule has 0 saturated carbocycles. The molecule has 4 heteroatoms. The second kappa shape index (κ2) is 5.67. The Balaban J connectivity index is 1.95. The van der Waals surface area contributed by atoms with Crippen molar-refractivity contribution in [3.8, 4) is 0 Å². The van der Waals surface area contributed by atoms with E-state index in [4.69, 9.17) is 4.42 Å². The first-order valence-corrected chi connectivity index (χ1v) is 7.21. The average Bonchev–Trinajstić information content (AvgIpc) is 2.92. The molecule has 2 heterocycles. The number of rotatable bonds is 5. The summed E-state index contributed by atoms with van der Waals surface area (Å²) in [5.74, 6) is 1.97. The molecule has 18 heavy (non-hydrogen) atoms. The molecule has 0 spiro atoms. The molecule has 1 atom stereocenters. The quantitative estimate of drug-likeness (QED) is 0.893. The van der Waals surface area contributed by atoms with Crippen molar-refractivity contribution in [3.63, 3.8) is 0 Å². The molecule has 98 valence electrons. The van der Waals surface area contributed by atoms with Crippen LogP contribution in [0.4, 0.5) is 0 Å². The van der Waals surface area contributed by atoms with Crippen molar-refractivity contribution in [2.24, 2.45) is 0 Å². The minimum atomic E-state index is 0.286. The van der Waals surface area contributed by atoms with Crippen molar-refractivity contribution in [3.05, 3.63) is 39.2 Å². The topological polar surface area (TPSA) is 38.1 Å². The highest BCUT2D eigenvalue weighted by Gasteiger charge is 2.12. The maximum absolute atomic E-state index is 5.56. The molecule has 0 aromatic carbocycles. The van der Waals surface area contributed by atoms with Crippen molar-refractivity contribution in [2.45, 2.75) is 46.7 Å². The molecule has 0 aliphatic carbocycles. The molecule has 0 aliphatic rings. The summed E-state index contributed by atoms with van der Waals surface area (Å²) in [4.78, 5) is 4.55. The molecule has 1 N–H and O–H groups in total. The highest BCUT2D eigenvalue weighted by atomic mass is 32.1. The maximum Gasteiger partial charge on any atom is 0.105 e. The summed E-state index contributed by atoms with van der Waals surface area (Å²) < 4.78 is 5.56. The Morgan fingerprint density at radius 1 is 1.44 bits per heavy atom. The summed E-state index contributed by atoms with van der Waals surface area (Å²) in [6.07, 6.45) is 1.01. The van der Waals surface area contributed by atoms with Gasteiger partial charge in [-0.1, -0.05) is 6.92 Å². The van der Waals surface area contributed by atoms with Crippen molar-refractivity contribution in [1.29, 1.82) is 0 Å². The van der Waals surface area contributed by atoms with Crippen LogP contribution >= 0.6 is 11.3 Å². The second-order valence-corrected chi connectivity index (χ2v) is 5.50. The van der Waals surface area contributed by atoms with Gasteiger partial charge in [0.25, 0.3) is 0 Å². The van der Waals surface area contributed by atoms with Gasteiger partial charge < -0.3 is 9.73 Å². The van der Waals surface area contributed by atoms with Gasteiger partial charge in [0.05, 0.1) is 10.7 Å². The van der Waals surface area contributed by atoms with E-state index in [1.807, 2.05) is 13.8 Å². The summed E-state index contributed by atoms with van der Waals surface area (Å²) in [6, 6.07) is 2.39. The molecule has 2 aromatic rings.